The van der Waals surface area contributed by atoms with Crippen molar-refractivity contribution < 1.29 is 23.8 Å². The molecule has 3 rings (SSSR count). The van der Waals surface area contributed by atoms with Crippen molar-refractivity contribution in [3.05, 3.63) is 71.8 Å². The summed E-state index contributed by atoms with van der Waals surface area (Å²) in [5, 5.41) is 2.76. The van der Waals surface area contributed by atoms with Gasteiger partial charge in [0.2, 0.25) is 0 Å². The van der Waals surface area contributed by atoms with Crippen LogP contribution in [0.3, 0.4) is 0 Å². The maximum atomic E-state index is 13.5. The van der Waals surface area contributed by atoms with Crippen molar-refractivity contribution in [3.63, 3.8) is 0 Å². The molecule has 0 aliphatic carbocycles. The van der Waals surface area contributed by atoms with Gasteiger partial charge in [-0.25, -0.2) is 0 Å². The second-order valence-corrected chi connectivity index (χ2v) is 8.14. The van der Waals surface area contributed by atoms with Crippen LogP contribution >= 0.6 is 0 Å². The molecule has 176 valence electrons. The van der Waals surface area contributed by atoms with Crippen LogP contribution in [0.2, 0.25) is 0 Å². The van der Waals surface area contributed by atoms with Crippen molar-refractivity contribution in [1.29, 1.82) is 0 Å². The van der Waals surface area contributed by atoms with Gasteiger partial charge in [-0.3, -0.25) is 0 Å². The van der Waals surface area contributed by atoms with Crippen molar-refractivity contribution in [2.45, 2.75) is 50.9 Å². The first-order valence-electron chi connectivity index (χ1n) is 11.3. The Morgan fingerprint density at radius 1 is 1.12 bits per heavy atom. The topological polar surface area (TPSA) is 105 Å². The van der Waals surface area contributed by atoms with E-state index < -0.39 is 30.0 Å². The molecule has 1 N–H and O–H groups in total. The smallest absolute Gasteiger partial charge is 0.0622 e. The van der Waals surface area contributed by atoms with Crippen LogP contribution in [0.25, 0.3) is 0 Å². The molecule has 0 aromatic heterocycles. The number of amides is 2. The van der Waals surface area contributed by atoms with E-state index >= 15 is 0 Å². The van der Waals surface area contributed by atoms with Crippen LogP contribution < -0.4 is 5.32 Å². The summed E-state index contributed by atoms with van der Waals surface area (Å²) in [5.41, 5.74) is 1.73. The molecule has 1 aliphatic rings. The van der Waals surface area contributed by atoms with Crippen LogP contribution in [-0.4, -0.2) is 60.6 Å². The molecule has 0 radical (unpaired) electrons. The summed E-state index contributed by atoms with van der Waals surface area (Å²) in [7, 11) is 0.492. The van der Waals surface area contributed by atoms with Gasteiger partial charge in [-0.1, -0.05) is 30.3 Å². The number of esters is 1. The van der Waals surface area contributed by atoms with Crippen LogP contribution in [0.4, 0.5) is 0 Å². The van der Waals surface area contributed by atoms with Crippen molar-refractivity contribution in [1.82, 2.24) is 10.2 Å². The average molecular weight is 461 g/mol. The Bertz CT molecular complexity index is 1020. The quantitative estimate of drug-likeness (QED) is 0.331. The second-order valence-electron chi connectivity index (χ2n) is 8.14. The monoisotopic (exact) mass is 461 g/mol. The average Bonchev–Trinajstić information content (AvgIpc) is 3.36. The third kappa shape index (κ3) is 6.94. The molecule has 1 aliphatic heterocycles. The molecule has 0 unspecified atom stereocenters. The Morgan fingerprint density at radius 2 is 1.76 bits per heavy atom. The van der Waals surface area contributed by atoms with Gasteiger partial charge in [0.25, 0.3) is 0 Å². The minimum absolute atomic E-state index is 0.134. The number of nitrogens with one attached hydrogen (secondary N) is 1. The normalized spacial score (nSPS) is 17.1. The number of ether oxygens (including phenoxy) is 1. The van der Waals surface area contributed by atoms with Crippen LogP contribution in [0.5, 0.6) is 0 Å². The van der Waals surface area contributed by atoms with Crippen LogP contribution in [0.1, 0.15) is 30.9 Å². The fourth-order valence-corrected chi connectivity index (χ4v) is 3.87. The third-order valence-electron chi connectivity index (χ3n) is 5.68. The second kappa shape index (κ2) is 12.6. The summed E-state index contributed by atoms with van der Waals surface area (Å²) in [6.45, 7) is 2.08. The summed E-state index contributed by atoms with van der Waals surface area (Å²) in [4.78, 5) is 44.3. The molecule has 0 spiro atoms. The number of hydrogen-bond donors (Lipinski definition) is 1. The standard InChI is InChI=1S/C25H28BN3O5/c1-18(27-17-26-33)23(30)28-21(15-19-9-4-2-5-10-19)24(31)29-14-8-13-22(29)25(32)34-16-20-11-6-3-7-12-20/h2-7,9-12,17-18,21-22H,8,13-16H2,1H3,(H,28,30)/t18-,21-,22+/m0/s1. The molecular weight excluding hydrogens is 433 g/mol. The maximum absolute atomic E-state index is 13.5. The van der Waals surface area contributed by atoms with Gasteiger partial charge in [-0.15, -0.1) is 0 Å². The minimum atomic E-state index is -0.883. The van der Waals surface area contributed by atoms with E-state index in [-0.39, 0.29) is 18.9 Å². The van der Waals surface area contributed by atoms with Gasteiger partial charge < -0.3 is 0 Å². The van der Waals surface area contributed by atoms with Gasteiger partial charge in [0.1, 0.15) is 0 Å². The zero-order valence-electron chi connectivity index (χ0n) is 19.1. The van der Waals surface area contributed by atoms with E-state index in [4.69, 9.17) is 4.74 Å². The van der Waals surface area contributed by atoms with Crippen molar-refractivity contribution in [2.24, 2.45) is 4.99 Å². The molecule has 8 nitrogen and oxygen atoms in total. The van der Waals surface area contributed by atoms with Crippen molar-refractivity contribution in [2.75, 3.05) is 6.54 Å². The van der Waals surface area contributed by atoms with E-state index in [1.807, 2.05) is 60.7 Å². The van der Waals surface area contributed by atoms with E-state index in [2.05, 4.69) is 10.3 Å². The zero-order chi connectivity index (χ0) is 24.3. The number of benzene rings is 2. The molecule has 1 heterocycles. The first-order valence-corrected chi connectivity index (χ1v) is 11.3. The number of carbonyl (C=O) groups excluding carboxylic acids is 3. The first kappa shape index (κ1) is 25.0. The van der Waals surface area contributed by atoms with Gasteiger partial charge in [-0.05, 0) is 5.56 Å². The number of hydrogen-bond acceptors (Lipinski definition) is 6. The van der Waals surface area contributed by atoms with Gasteiger partial charge in [0, 0.05) is 0 Å². The van der Waals surface area contributed by atoms with E-state index in [1.54, 1.807) is 6.92 Å². The molecule has 1 saturated heterocycles. The third-order valence-corrected chi connectivity index (χ3v) is 5.68. The fourth-order valence-electron chi connectivity index (χ4n) is 3.87. The summed E-state index contributed by atoms with van der Waals surface area (Å²) >= 11 is 0. The molecule has 9 heteroatoms. The van der Waals surface area contributed by atoms with Gasteiger partial charge >= 0.3 is 163 Å². The molecule has 0 bridgehead atoms. The summed E-state index contributed by atoms with van der Waals surface area (Å²) in [6.07, 6.45) is 2.45. The molecule has 2 amide bonds. The number of rotatable bonds is 10. The van der Waals surface area contributed by atoms with E-state index in [1.165, 1.54) is 4.90 Å². The van der Waals surface area contributed by atoms with Crippen molar-refractivity contribution >= 4 is 31.0 Å². The van der Waals surface area contributed by atoms with Crippen LogP contribution in [0, 0.1) is 0 Å². The number of carbonyl (C=O) groups is 3. The Kier molecular flexibility index (Phi) is 9.25. The SMILES string of the molecule is C[C@H](N=CB=O)C(=O)N[C@@H](Cc1ccccc1)C(=O)N1CCC[C@@H]1C(=O)OCc1ccccc1. The molecule has 2 aromatic rings. The molecule has 34 heavy (non-hydrogen) atoms. The van der Waals surface area contributed by atoms with Crippen LogP contribution in [-0.2, 0) is 36.9 Å². The van der Waals surface area contributed by atoms with E-state index in [0.717, 1.165) is 17.2 Å². The Balaban J connectivity index is 1.72. The first-order chi connectivity index (χ1) is 16.5. The summed E-state index contributed by atoms with van der Waals surface area (Å²) in [5.74, 6) is -1.28. The number of aliphatic imine (C=N–C) groups is 1. The Labute approximate surface area is 199 Å². The Morgan fingerprint density at radius 3 is 2.41 bits per heavy atom. The molecule has 1 fully saturated rings. The summed E-state index contributed by atoms with van der Waals surface area (Å²) in [6, 6.07) is 16.3. The summed E-state index contributed by atoms with van der Waals surface area (Å²) < 4.78 is 16.0. The van der Waals surface area contributed by atoms with Crippen LogP contribution in [0.15, 0.2) is 65.7 Å². The molecule has 0 saturated carbocycles. The Hall–Kier alpha value is -3.62. The zero-order valence-corrected chi connectivity index (χ0v) is 19.1. The molecule has 2 aromatic carbocycles. The predicted molar refractivity (Wildman–Crippen MR) is 127 cm³/mol. The van der Waals surface area contributed by atoms with E-state index in [0.29, 0.717) is 26.5 Å². The predicted octanol–water partition coefficient (Wildman–Crippen LogP) is 1.91. The number of likely N-dealkylation sites (tertiary alicyclic amines) is 1. The van der Waals surface area contributed by atoms with Gasteiger partial charge in [0.15, 0.2) is 0 Å². The number of nitrogens with zero attached hydrogens (tertiary/aromatic N) is 2. The minimum Gasteiger partial charge on any atom is -0.0622 e. The van der Waals surface area contributed by atoms with E-state index in [9.17, 15) is 19.1 Å². The van der Waals surface area contributed by atoms with Gasteiger partial charge in [-0.2, -0.15) is 0 Å². The fraction of sp³-hybridized carbons (Fsp3) is 0.360. The molecular formula is C25H28BN3O5. The molecule has 3 atom stereocenters. The van der Waals surface area contributed by atoms with Crippen molar-refractivity contribution in [3.8, 4) is 0 Å². The van der Waals surface area contributed by atoms with Gasteiger partial charge in [0.05, 0.1) is 0 Å².